The molecule has 0 unspecified atom stereocenters. The number of fused-ring (bicyclic) bond motifs is 1. The predicted molar refractivity (Wildman–Crippen MR) is 119 cm³/mol. The van der Waals surface area contributed by atoms with Crippen molar-refractivity contribution < 1.29 is 4.79 Å². The van der Waals surface area contributed by atoms with Crippen molar-refractivity contribution in [1.29, 1.82) is 0 Å². The number of aryl methyl sites for hydroxylation is 2. The minimum atomic E-state index is 0.00608. The highest BCUT2D eigenvalue weighted by Crippen LogP contribution is 2.33. The molecule has 6 heteroatoms. The summed E-state index contributed by atoms with van der Waals surface area (Å²) in [6, 6.07) is 6.76. The van der Waals surface area contributed by atoms with E-state index in [0.717, 1.165) is 37.5 Å². The zero-order valence-corrected chi connectivity index (χ0v) is 18.6. The summed E-state index contributed by atoms with van der Waals surface area (Å²) in [7, 11) is 2.16. The van der Waals surface area contributed by atoms with E-state index in [0.29, 0.717) is 5.92 Å². The minimum Gasteiger partial charge on any atom is -0.348 e. The van der Waals surface area contributed by atoms with Crippen molar-refractivity contribution in [2.45, 2.75) is 46.2 Å². The van der Waals surface area contributed by atoms with E-state index in [2.05, 4.69) is 58.9 Å². The van der Waals surface area contributed by atoms with Crippen molar-refractivity contribution in [3.8, 4) is 0 Å². The number of nitrogens with zero attached hydrogens (tertiary/aromatic N) is 3. The number of hydrogen-bond acceptors (Lipinski definition) is 4. The lowest BCUT2D eigenvalue weighted by Crippen LogP contribution is -2.42. The molecule has 154 valence electrons. The van der Waals surface area contributed by atoms with Crippen LogP contribution in [0.15, 0.2) is 29.8 Å². The predicted octanol–water partition coefficient (Wildman–Crippen LogP) is 4.34. The lowest BCUT2D eigenvalue weighted by atomic mass is 9.90. The number of likely N-dealkylation sites (tertiary alicyclic amines) is 1. The first kappa shape index (κ1) is 20.1. The van der Waals surface area contributed by atoms with Gasteiger partial charge in [0.2, 0.25) is 5.91 Å². The Hall–Kier alpha value is -2.18. The highest BCUT2D eigenvalue weighted by atomic mass is 32.1. The number of hydrogen-bond donors (Lipinski definition) is 1. The average Bonchev–Trinajstić information content (AvgIpc) is 3.30. The Morgan fingerprint density at radius 2 is 2.21 bits per heavy atom. The van der Waals surface area contributed by atoms with Crippen LogP contribution >= 0.6 is 11.3 Å². The lowest BCUT2D eigenvalue weighted by molar-refractivity contribution is -0.120. The van der Waals surface area contributed by atoms with Gasteiger partial charge in [-0.05, 0) is 56.3 Å². The van der Waals surface area contributed by atoms with Crippen molar-refractivity contribution in [2.24, 2.45) is 13.0 Å². The zero-order valence-electron chi connectivity index (χ0n) is 17.7. The van der Waals surface area contributed by atoms with Crippen LogP contribution in [0.25, 0.3) is 10.9 Å². The molecule has 1 amide bonds. The van der Waals surface area contributed by atoms with Crippen LogP contribution < -0.4 is 5.32 Å². The number of carbonyl (C=O) groups is 1. The van der Waals surface area contributed by atoms with Crippen LogP contribution in [0.3, 0.4) is 0 Å². The standard InChI is InChI=1S/C23H30N4OS/c1-15-7-8-19-20(16(2)26(4)21(19)12-15)14-27-10-5-6-18(13-27)22(25-17(3)28)23-24-9-11-29-23/h7-9,11-12,18,22H,5-6,10,13-14H2,1-4H3,(H,25,28)/t18-,22+/m1/s1. The maximum Gasteiger partial charge on any atom is 0.217 e. The van der Waals surface area contributed by atoms with Gasteiger partial charge in [0, 0.05) is 55.2 Å². The van der Waals surface area contributed by atoms with Crippen LogP contribution in [-0.4, -0.2) is 33.4 Å². The van der Waals surface area contributed by atoms with Gasteiger partial charge in [-0.15, -0.1) is 11.3 Å². The molecule has 0 spiro atoms. The van der Waals surface area contributed by atoms with Crippen molar-refractivity contribution in [1.82, 2.24) is 19.8 Å². The number of benzene rings is 1. The number of thiazole rings is 1. The molecule has 29 heavy (non-hydrogen) atoms. The Morgan fingerprint density at radius 3 is 2.93 bits per heavy atom. The van der Waals surface area contributed by atoms with E-state index in [1.54, 1.807) is 18.3 Å². The second-order valence-corrected chi connectivity index (χ2v) is 9.26. The van der Waals surface area contributed by atoms with Crippen molar-refractivity contribution in [3.63, 3.8) is 0 Å². The summed E-state index contributed by atoms with van der Waals surface area (Å²) in [5.41, 5.74) is 5.37. The number of nitrogens with one attached hydrogen (secondary N) is 1. The van der Waals surface area contributed by atoms with Gasteiger partial charge in [0.15, 0.2) is 0 Å². The van der Waals surface area contributed by atoms with Crippen LogP contribution in [0.4, 0.5) is 0 Å². The smallest absolute Gasteiger partial charge is 0.217 e. The molecule has 0 saturated carbocycles. The molecular formula is C23H30N4OS. The molecule has 1 aromatic carbocycles. The zero-order chi connectivity index (χ0) is 20.5. The van der Waals surface area contributed by atoms with Crippen LogP contribution in [0.5, 0.6) is 0 Å². The molecule has 1 saturated heterocycles. The molecule has 0 bridgehead atoms. The molecule has 3 heterocycles. The maximum absolute atomic E-state index is 11.8. The highest BCUT2D eigenvalue weighted by Gasteiger charge is 2.31. The Bertz CT molecular complexity index is 1010. The van der Waals surface area contributed by atoms with Crippen LogP contribution in [-0.2, 0) is 18.4 Å². The average molecular weight is 411 g/mol. The first-order valence-electron chi connectivity index (χ1n) is 10.4. The van der Waals surface area contributed by atoms with Gasteiger partial charge in [0.05, 0.1) is 6.04 Å². The number of amides is 1. The topological polar surface area (TPSA) is 50.2 Å². The molecule has 3 aromatic rings. The number of rotatable bonds is 5. The van der Waals surface area contributed by atoms with Gasteiger partial charge in [-0.1, -0.05) is 12.1 Å². The lowest BCUT2D eigenvalue weighted by Gasteiger charge is -2.36. The summed E-state index contributed by atoms with van der Waals surface area (Å²) < 4.78 is 2.31. The summed E-state index contributed by atoms with van der Waals surface area (Å²) in [4.78, 5) is 18.9. The second-order valence-electron chi connectivity index (χ2n) is 8.33. The van der Waals surface area contributed by atoms with Crippen LogP contribution in [0, 0.1) is 19.8 Å². The molecule has 0 aliphatic carbocycles. The van der Waals surface area contributed by atoms with Gasteiger partial charge in [-0.3, -0.25) is 9.69 Å². The SMILES string of the molecule is CC(=O)N[C@H](c1nccs1)[C@@H]1CCCN(Cc2c(C)n(C)c3cc(C)ccc23)C1. The fourth-order valence-electron chi connectivity index (χ4n) is 4.67. The normalized spacial score (nSPS) is 18.8. The Kier molecular flexibility index (Phi) is 5.74. The maximum atomic E-state index is 11.8. The first-order chi connectivity index (χ1) is 13.9. The fraction of sp³-hybridized carbons (Fsp3) is 0.478. The van der Waals surface area contributed by atoms with Gasteiger partial charge in [-0.25, -0.2) is 4.98 Å². The molecule has 0 radical (unpaired) electrons. The van der Waals surface area contributed by atoms with Crippen molar-refractivity contribution in [3.05, 3.63) is 51.6 Å². The van der Waals surface area contributed by atoms with E-state index in [4.69, 9.17) is 0 Å². The summed E-state index contributed by atoms with van der Waals surface area (Å²) in [5, 5.41) is 7.53. The third-order valence-electron chi connectivity index (χ3n) is 6.25. The molecule has 1 aliphatic heterocycles. The molecular weight excluding hydrogens is 380 g/mol. The van der Waals surface area contributed by atoms with Crippen LogP contribution in [0.1, 0.15) is 47.6 Å². The molecule has 2 aromatic heterocycles. The Labute approximate surface area is 176 Å². The summed E-state index contributed by atoms with van der Waals surface area (Å²) in [6.45, 7) is 9.00. The van der Waals surface area contributed by atoms with Gasteiger partial charge < -0.3 is 9.88 Å². The molecule has 1 fully saturated rings. The number of aromatic nitrogens is 2. The van der Waals surface area contributed by atoms with Crippen molar-refractivity contribution >= 4 is 28.1 Å². The molecule has 2 atom stereocenters. The second kappa shape index (κ2) is 8.28. The number of piperidine rings is 1. The Balaban J connectivity index is 1.57. The fourth-order valence-corrected chi connectivity index (χ4v) is 5.45. The molecule has 1 aliphatic rings. The summed E-state index contributed by atoms with van der Waals surface area (Å²) >= 11 is 1.63. The largest absolute Gasteiger partial charge is 0.348 e. The van der Waals surface area contributed by atoms with Crippen molar-refractivity contribution in [2.75, 3.05) is 13.1 Å². The Morgan fingerprint density at radius 1 is 1.38 bits per heavy atom. The first-order valence-corrected chi connectivity index (χ1v) is 11.3. The van der Waals surface area contributed by atoms with Gasteiger partial charge >= 0.3 is 0 Å². The van der Waals surface area contributed by atoms with E-state index in [1.807, 2.05) is 11.6 Å². The van der Waals surface area contributed by atoms with Gasteiger partial charge in [0.1, 0.15) is 5.01 Å². The molecule has 1 N–H and O–H groups in total. The summed E-state index contributed by atoms with van der Waals surface area (Å²) in [5.74, 6) is 0.402. The molecule has 4 rings (SSSR count). The quantitative estimate of drug-likeness (QED) is 0.681. The van der Waals surface area contributed by atoms with Gasteiger partial charge in [-0.2, -0.15) is 0 Å². The summed E-state index contributed by atoms with van der Waals surface area (Å²) in [6.07, 6.45) is 4.10. The van der Waals surface area contributed by atoms with E-state index in [-0.39, 0.29) is 11.9 Å². The highest BCUT2D eigenvalue weighted by molar-refractivity contribution is 7.09. The van der Waals surface area contributed by atoms with Crippen LogP contribution in [0.2, 0.25) is 0 Å². The minimum absolute atomic E-state index is 0.00608. The van der Waals surface area contributed by atoms with E-state index in [1.165, 1.54) is 27.7 Å². The molecule has 5 nitrogen and oxygen atoms in total. The monoisotopic (exact) mass is 410 g/mol. The van der Waals surface area contributed by atoms with Gasteiger partial charge in [0.25, 0.3) is 0 Å². The van der Waals surface area contributed by atoms with E-state index < -0.39 is 0 Å². The number of carbonyl (C=O) groups excluding carboxylic acids is 1. The van der Waals surface area contributed by atoms with E-state index in [9.17, 15) is 4.79 Å². The van der Waals surface area contributed by atoms with E-state index >= 15 is 0 Å². The third-order valence-corrected chi connectivity index (χ3v) is 7.11. The third kappa shape index (κ3) is 4.09.